The average Bonchev–Trinajstić information content (AvgIpc) is 2.94. The average molecular weight is 602 g/mol. The van der Waals surface area contributed by atoms with E-state index < -0.39 is 16.9 Å². The van der Waals surface area contributed by atoms with Gasteiger partial charge in [0.05, 0.1) is 27.7 Å². The maximum absolute atomic E-state index is 14.4. The molecule has 4 aromatic rings. The molecule has 7 rings (SSSR count). The number of pyridine rings is 1. The van der Waals surface area contributed by atoms with Crippen LogP contribution in [0.4, 0.5) is 0 Å². The number of carboxylic acid groups (broad SMARTS) is 1. The highest BCUT2D eigenvalue weighted by Crippen LogP contribution is 2.55. The number of aliphatic carboxylic acids is 1. The van der Waals surface area contributed by atoms with E-state index in [0.717, 1.165) is 43.3 Å². The first-order valence-corrected chi connectivity index (χ1v) is 14.1. The first kappa shape index (κ1) is 25.8. The van der Waals surface area contributed by atoms with Crippen molar-refractivity contribution in [3.8, 4) is 11.3 Å². The third-order valence-electron chi connectivity index (χ3n) is 8.34. The van der Waals surface area contributed by atoms with Gasteiger partial charge in [-0.3, -0.25) is 9.59 Å². The lowest BCUT2D eigenvalue weighted by atomic mass is 9.57. The van der Waals surface area contributed by atoms with Crippen LogP contribution in [0, 0.1) is 12.3 Å². The van der Waals surface area contributed by atoms with Gasteiger partial charge in [-0.2, -0.15) is 0 Å². The van der Waals surface area contributed by atoms with E-state index in [-0.39, 0.29) is 5.91 Å². The molecular weight excluding hydrogens is 576 g/mol. The molecule has 7 heteroatoms. The molecule has 1 fully saturated rings. The highest BCUT2D eigenvalue weighted by atomic mass is 79.9. The topological polar surface area (TPSA) is 79.3 Å². The number of halogens is 2. The van der Waals surface area contributed by atoms with Gasteiger partial charge in [-0.1, -0.05) is 82.1 Å². The third-order valence-corrected chi connectivity index (χ3v) is 9.16. The molecule has 2 N–H and O–H groups in total. The molecule has 0 saturated heterocycles. The number of carboxylic acids is 1. The lowest BCUT2D eigenvalue weighted by Gasteiger charge is -2.51. The summed E-state index contributed by atoms with van der Waals surface area (Å²) in [5.74, 6) is -1.04. The normalized spacial score (nSPS) is 22.0. The summed E-state index contributed by atoms with van der Waals surface area (Å²) in [6, 6.07) is 23.1. The number of carbonyl (C=O) groups excluding carboxylic acids is 1. The van der Waals surface area contributed by atoms with Crippen molar-refractivity contribution in [2.75, 3.05) is 0 Å². The second kappa shape index (κ2) is 9.61. The zero-order valence-corrected chi connectivity index (χ0v) is 23.6. The van der Waals surface area contributed by atoms with Crippen molar-refractivity contribution < 1.29 is 14.7 Å². The van der Waals surface area contributed by atoms with Crippen molar-refractivity contribution in [2.24, 2.45) is 5.41 Å². The van der Waals surface area contributed by atoms with Crippen LogP contribution < -0.4 is 5.32 Å². The standard InChI is InChI=1S/C32H26BrClN2O3/c1-19-27(23-17-21(33)11-12-26(23)35-28(19)20-7-3-2-4-8-20)29(37)36-32-15-13-31(14-16-32,30(38)39)18-24(32)22-9-5-6-10-25(22)34/h2-12,17-18H,13-16H2,1H3,(H,36,37)(H,38,39). The Morgan fingerprint density at radius 3 is 2.36 bits per heavy atom. The summed E-state index contributed by atoms with van der Waals surface area (Å²) in [6.07, 6.45) is 3.77. The minimum atomic E-state index is -0.953. The summed E-state index contributed by atoms with van der Waals surface area (Å²) in [6.45, 7) is 1.93. The van der Waals surface area contributed by atoms with Crippen molar-refractivity contribution in [1.82, 2.24) is 10.3 Å². The van der Waals surface area contributed by atoms with E-state index in [0.29, 0.717) is 36.3 Å². The van der Waals surface area contributed by atoms with Crippen LogP contribution in [0.25, 0.3) is 27.7 Å². The summed E-state index contributed by atoms with van der Waals surface area (Å²) in [7, 11) is 0. The second-order valence-electron chi connectivity index (χ2n) is 10.5. The molecule has 1 aromatic heterocycles. The number of rotatable bonds is 5. The Hall–Kier alpha value is -3.48. The van der Waals surface area contributed by atoms with E-state index >= 15 is 0 Å². The van der Waals surface area contributed by atoms with Gasteiger partial charge < -0.3 is 10.4 Å². The minimum Gasteiger partial charge on any atom is -0.481 e. The van der Waals surface area contributed by atoms with Crippen LogP contribution in [0.15, 0.2) is 83.3 Å². The molecule has 1 heterocycles. The van der Waals surface area contributed by atoms with Crippen molar-refractivity contribution in [2.45, 2.75) is 38.1 Å². The predicted molar refractivity (Wildman–Crippen MR) is 158 cm³/mol. The van der Waals surface area contributed by atoms with Gasteiger partial charge in [-0.25, -0.2) is 4.98 Å². The summed E-state index contributed by atoms with van der Waals surface area (Å²) in [5.41, 5.74) is 3.62. The molecule has 0 aliphatic heterocycles. The van der Waals surface area contributed by atoms with Crippen LogP contribution in [0.1, 0.15) is 47.2 Å². The van der Waals surface area contributed by atoms with Gasteiger partial charge in [0.1, 0.15) is 0 Å². The molecule has 0 spiro atoms. The van der Waals surface area contributed by atoms with E-state index in [9.17, 15) is 14.7 Å². The van der Waals surface area contributed by atoms with Crippen LogP contribution in [0.2, 0.25) is 5.02 Å². The third kappa shape index (κ3) is 4.26. The number of nitrogens with one attached hydrogen (secondary N) is 1. The fourth-order valence-electron chi connectivity index (χ4n) is 6.21. The number of aromatic nitrogens is 1. The molecule has 3 aliphatic rings. The van der Waals surface area contributed by atoms with Crippen molar-refractivity contribution in [3.63, 3.8) is 0 Å². The van der Waals surface area contributed by atoms with Gasteiger partial charge in [0.2, 0.25) is 0 Å². The summed E-state index contributed by atoms with van der Waals surface area (Å²) >= 11 is 10.2. The van der Waals surface area contributed by atoms with Crippen molar-refractivity contribution in [1.29, 1.82) is 0 Å². The zero-order chi connectivity index (χ0) is 27.4. The Kier molecular flexibility index (Phi) is 6.35. The van der Waals surface area contributed by atoms with Gasteiger partial charge in [-0.15, -0.1) is 0 Å². The SMILES string of the molecule is Cc1c(-c2ccccc2)nc2ccc(Br)cc2c1C(=O)NC12CCC(C(=O)O)(C=C1c1ccccc1Cl)CC2. The van der Waals surface area contributed by atoms with Crippen LogP contribution in [-0.4, -0.2) is 27.5 Å². The maximum atomic E-state index is 14.4. The number of amides is 1. The molecule has 3 aliphatic carbocycles. The van der Waals surface area contributed by atoms with Gasteiger partial charge in [0, 0.05) is 20.4 Å². The van der Waals surface area contributed by atoms with Crippen LogP contribution in [-0.2, 0) is 4.79 Å². The van der Waals surface area contributed by atoms with Gasteiger partial charge >= 0.3 is 5.97 Å². The maximum Gasteiger partial charge on any atom is 0.313 e. The second-order valence-corrected chi connectivity index (χ2v) is 11.8. The van der Waals surface area contributed by atoms with E-state index in [1.807, 2.05) is 79.7 Å². The highest BCUT2D eigenvalue weighted by molar-refractivity contribution is 9.10. The van der Waals surface area contributed by atoms with Crippen molar-refractivity contribution in [3.05, 3.63) is 105 Å². The Labute approximate surface area is 240 Å². The Balaban J connectivity index is 1.51. The largest absolute Gasteiger partial charge is 0.481 e. The number of fused-ring (bicyclic) bond motifs is 3. The van der Waals surface area contributed by atoms with E-state index in [1.54, 1.807) is 6.07 Å². The number of hydrogen-bond acceptors (Lipinski definition) is 3. The lowest BCUT2D eigenvalue weighted by molar-refractivity contribution is -0.148. The smallest absolute Gasteiger partial charge is 0.313 e. The Morgan fingerprint density at radius 1 is 0.974 bits per heavy atom. The lowest BCUT2D eigenvalue weighted by Crippen LogP contribution is -2.57. The molecule has 0 atom stereocenters. The van der Waals surface area contributed by atoms with E-state index in [2.05, 4.69) is 21.2 Å². The monoisotopic (exact) mass is 600 g/mol. The highest BCUT2D eigenvalue weighted by Gasteiger charge is 2.54. The van der Waals surface area contributed by atoms with Gasteiger partial charge in [0.25, 0.3) is 5.91 Å². The Bertz CT molecular complexity index is 1670. The molecule has 5 nitrogen and oxygen atoms in total. The van der Waals surface area contributed by atoms with Gasteiger partial charge in [-0.05, 0) is 73.6 Å². The molecule has 0 unspecified atom stereocenters. The van der Waals surface area contributed by atoms with Crippen LogP contribution in [0.3, 0.4) is 0 Å². The Morgan fingerprint density at radius 2 is 1.67 bits per heavy atom. The van der Waals surface area contributed by atoms with E-state index in [4.69, 9.17) is 16.6 Å². The fraction of sp³-hybridized carbons (Fsp3) is 0.219. The first-order chi connectivity index (χ1) is 18.7. The number of nitrogens with zero attached hydrogens (tertiary/aromatic N) is 1. The molecule has 196 valence electrons. The predicted octanol–water partition coefficient (Wildman–Crippen LogP) is 7.84. The quantitative estimate of drug-likeness (QED) is 0.244. The summed E-state index contributed by atoms with van der Waals surface area (Å²) < 4.78 is 0.856. The molecule has 1 amide bonds. The minimum absolute atomic E-state index is 0.210. The number of benzene rings is 3. The number of carbonyl (C=O) groups is 2. The molecule has 1 saturated carbocycles. The molecule has 39 heavy (non-hydrogen) atoms. The molecular formula is C32H26BrClN2O3. The van der Waals surface area contributed by atoms with E-state index in [1.165, 1.54) is 0 Å². The molecule has 3 aromatic carbocycles. The molecule has 2 bridgehead atoms. The summed E-state index contributed by atoms with van der Waals surface area (Å²) in [5, 5.41) is 14.8. The summed E-state index contributed by atoms with van der Waals surface area (Å²) in [4.78, 5) is 31.7. The van der Waals surface area contributed by atoms with Crippen molar-refractivity contribution >= 4 is 55.9 Å². The van der Waals surface area contributed by atoms with Gasteiger partial charge in [0.15, 0.2) is 0 Å². The molecule has 0 radical (unpaired) electrons. The zero-order valence-electron chi connectivity index (χ0n) is 21.3. The van der Waals surface area contributed by atoms with Crippen LogP contribution >= 0.6 is 27.5 Å². The fourth-order valence-corrected chi connectivity index (χ4v) is 6.81. The first-order valence-electron chi connectivity index (χ1n) is 12.9. The van der Waals surface area contributed by atoms with Crippen LogP contribution in [0.5, 0.6) is 0 Å². The number of hydrogen-bond donors (Lipinski definition) is 2.